The molecule has 4 heteroatoms. The van der Waals surface area contributed by atoms with E-state index in [9.17, 15) is 9.59 Å². The summed E-state index contributed by atoms with van der Waals surface area (Å²) in [6.07, 6.45) is 1.86. The topological polar surface area (TPSA) is 49.4 Å². The third kappa shape index (κ3) is 5.67. The van der Waals surface area contributed by atoms with Gasteiger partial charge in [0, 0.05) is 13.1 Å². The molecule has 0 fully saturated rings. The van der Waals surface area contributed by atoms with Crippen molar-refractivity contribution in [2.45, 2.75) is 19.0 Å². The molecule has 3 aromatic rings. The molecule has 1 atom stereocenters. The lowest BCUT2D eigenvalue weighted by molar-refractivity contribution is -0.141. The van der Waals surface area contributed by atoms with Crippen LogP contribution in [0.3, 0.4) is 0 Å². The first-order valence-electron chi connectivity index (χ1n) is 10.00. The number of nitrogens with zero attached hydrogens (tertiary/aromatic N) is 1. The zero-order chi connectivity index (χ0) is 21.2. The average Bonchev–Trinajstić information content (AvgIpc) is 2.79. The SMILES string of the molecule is C=CCNC(=O)[C@@H](c1ccccc1)N(Cc1ccccc1)C(=O)Cc1ccccc1. The summed E-state index contributed by atoms with van der Waals surface area (Å²) >= 11 is 0. The van der Waals surface area contributed by atoms with Gasteiger partial charge in [0.25, 0.3) is 0 Å². The monoisotopic (exact) mass is 398 g/mol. The van der Waals surface area contributed by atoms with Crippen molar-refractivity contribution in [3.63, 3.8) is 0 Å². The third-order valence-corrected chi connectivity index (χ3v) is 4.81. The van der Waals surface area contributed by atoms with E-state index in [0.717, 1.165) is 16.7 Å². The fourth-order valence-corrected chi connectivity index (χ4v) is 3.35. The van der Waals surface area contributed by atoms with Crippen LogP contribution in [-0.2, 0) is 22.6 Å². The van der Waals surface area contributed by atoms with Crippen molar-refractivity contribution < 1.29 is 9.59 Å². The molecule has 30 heavy (non-hydrogen) atoms. The molecule has 0 bridgehead atoms. The second-order valence-corrected chi connectivity index (χ2v) is 7.02. The number of rotatable bonds is 9. The summed E-state index contributed by atoms with van der Waals surface area (Å²) in [6, 6.07) is 28.0. The van der Waals surface area contributed by atoms with Gasteiger partial charge in [0.15, 0.2) is 0 Å². The Hall–Kier alpha value is -3.66. The summed E-state index contributed by atoms with van der Waals surface area (Å²) in [4.78, 5) is 28.2. The molecule has 0 radical (unpaired) electrons. The zero-order valence-corrected chi connectivity index (χ0v) is 16.9. The fourth-order valence-electron chi connectivity index (χ4n) is 3.35. The predicted molar refractivity (Wildman–Crippen MR) is 120 cm³/mol. The molecular weight excluding hydrogens is 372 g/mol. The van der Waals surface area contributed by atoms with Crippen LogP contribution in [0.4, 0.5) is 0 Å². The van der Waals surface area contributed by atoms with Gasteiger partial charge in [-0.15, -0.1) is 6.58 Å². The average molecular weight is 399 g/mol. The first-order valence-corrected chi connectivity index (χ1v) is 10.00. The van der Waals surface area contributed by atoms with Crippen LogP contribution in [0.2, 0.25) is 0 Å². The summed E-state index contributed by atoms with van der Waals surface area (Å²) in [5.41, 5.74) is 2.66. The van der Waals surface area contributed by atoms with Gasteiger partial charge in [0.05, 0.1) is 6.42 Å². The van der Waals surface area contributed by atoms with E-state index in [-0.39, 0.29) is 18.2 Å². The lowest BCUT2D eigenvalue weighted by Gasteiger charge is -2.31. The van der Waals surface area contributed by atoms with E-state index in [1.54, 1.807) is 11.0 Å². The highest BCUT2D eigenvalue weighted by molar-refractivity contribution is 5.89. The van der Waals surface area contributed by atoms with Gasteiger partial charge in [-0.2, -0.15) is 0 Å². The predicted octanol–water partition coefficient (Wildman–Crippen LogP) is 4.30. The number of benzene rings is 3. The summed E-state index contributed by atoms with van der Waals surface area (Å²) in [5.74, 6) is -0.328. The maximum absolute atomic E-state index is 13.4. The largest absolute Gasteiger partial charge is 0.351 e. The normalized spacial score (nSPS) is 11.3. The minimum absolute atomic E-state index is 0.104. The first-order chi connectivity index (χ1) is 14.7. The summed E-state index contributed by atoms with van der Waals surface area (Å²) < 4.78 is 0. The molecule has 0 saturated carbocycles. The Bertz CT molecular complexity index is 956. The number of nitrogens with one attached hydrogen (secondary N) is 1. The molecule has 0 heterocycles. The second kappa shape index (κ2) is 10.8. The lowest BCUT2D eigenvalue weighted by Crippen LogP contribution is -2.44. The van der Waals surface area contributed by atoms with Gasteiger partial charge in [0.1, 0.15) is 6.04 Å². The van der Waals surface area contributed by atoms with Crippen LogP contribution < -0.4 is 5.32 Å². The van der Waals surface area contributed by atoms with E-state index in [1.807, 2.05) is 91.0 Å². The molecule has 2 amide bonds. The Kier molecular flexibility index (Phi) is 7.56. The molecule has 0 aromatic heterocycles. The molecule has 0 saturated heterocycles. The number of hydrogen-bond acceptors (Lipinski definition) is 2. The van der Waals surface area contributed by atoms with Gasteiger partial charge in [0.2, 0.25) is 11.8 Å². The van der Waals surface area contributed by atoms with Crippen LogP contribution >= 0.6 is 0 Å². The van der Waals surface area contributed by atoms with E-state index >= 15 is 0 Å². The number of hydrogen-bond donors (Lipinski definition) is 1. The van der Waals surface area contributed by atoms with Crippen molar-refractivity contribution in [3.8, 4) is 0 Å². The van der Waals surface area contributed by atoms with E-state index in [4.69, 9.17) is 0 Å². The quantitative estimate of drug-likeness (QED) is 0.546. The Labute approximate surface area is 177 Å². The van der Waals surface area contributed by atoms with E-state index in [2.05, 4.69) is 11.9 Å². The third-order valence-electron chi connectivity index (χ3n) is 4.81. The molecule has 1 N–H and O–H groups in total. The molecular formula is C26H26N2O2. The minimum Gasteiger partial charge on any atom is -0.351 e. The zero-order valence-electron chi connectivity index (χ0n) is 16.9. The Morgan fingerprint density at radius 2 is 1.37 bits per heavy atom. The van der Waals surface area contributed by atoms with Gasteiger partial charge >= 0.3 is 0 Å². The molecule has 4 nitrogen and oxygen atoms in total. The second-order valence-electron chi connectivity index (χ2n) is 7.02. The molecule has 3 rings (SSSR count). The van der Waals surface area contributed by atoms with Crippen LogP contribution in [0.15, 0.2) is 104 Å². The van der Waals surface area contributed by atoms with Crippen molar-refractivity contribution in [2.24, 2.45) is 0 Å². The minimum atomic E-state index is -0.734. The van der Waals surface area contributed by atoms with Crippen LogP contribution in [0.25, 0.3) is 0 Å². The van der Waals surface area contributed by atoms with E-state index in [1.165, 1.54) is 0 Å². The highest BCUT2D eigenvalue weighted by Crippen LogP contribution is 2.25. The van der Waals surface area contributed by atoms with Crippen molar-refractivity contribution in [1.82, 2.24) is 10.2 Å². The van der Waals surface area contributed by atoms with Crippen LogP contribution in [0.5, 0.6) is 0 Å². The van der Waals surface area contributed by atoms with Crippen molar-refractivity contribution in [2.75, 3.05) is 6.54 Å². The maximum Gasteiger partial charge on any atom is 0.247 e. The van der Waals surface area contributed by atoms with E-state index in [0.29, 0.717) is 13.1 Å². The van der Waals surface area contributed by atoms with Gasteiger partial charge < -0.3 is 10.2 Å². The number of carbonyl (C=O) groups is 2. The van der Waals surface area contributed by atoms with Crippen molar-refractivity contribution in [3.05, 3.63) is 120 Å². The lowest BCUT2D eigenvalue weighted by atomic mass is 10.0. The van der Waals surface area contributed by atoms with E-state index < -0.39 is 6.04 Å². The highest BCUT2D eigenvalue weighted by atomic mass is 16.2. The summed E-state index contributed by atoms with van der Waals surface area (Å²) in [5, 5.41) is 2.87. The molecule has 0 aliphatic rings. The molecule has 152 valence electrons. The highest BCUT2D eigenvalue weighted by Gasteiger charge is 2.31. The van der Waals surface area contributed by atoms with Crippen LogP contribution in [-0.4, -0.2) is 23.3 Å². The van der Waals surface area contributed by atoms with Crippen LogP contribution in [0.1, 0.15) is 22.7 Å². The van der Waals surface area contributed by atoms with Crippen LogP contribution in [0, 0.1) is 0 Å². The van der Waals surface area contributed by atoms with Gasteiger partial charge in [-0.05, 0) is 16.7 Å². The molecule has 0 spiro atoms. The molecule has 0 unspecified atom stereocenters. The number of carbonyl (C=O) groups excluding carboxylic acids is 2. The summed E-state index contributed by atoms with van der Waals surface area (Å²) in [6.45, 7) is 4.36. The maximum atomic E-state index is 13.4. The first kappa shape index (κ1) is 21.1. The standard InChI is InChI=1S/C26H26N2O2/c1-2-18-27-26(30)25(23-16-10-5-11-17-23)28(20-22-14-8-4-9-15-22)24(29)19-21-12-6-3-7-13-21/h2-17,25H,1,18-20H2,(H,27,30)/t25-/m1/s1. The Balaban J connectivity index is 1.97. The summed E-state index contributed by atoms with van der Waals surface area (Å²) in [7, 11) is 0. The van der Waals surface area contributed by atoms with Crippen molar-refractivity contribution in [1.29, 1.82) is 0 Å². The number of amides is 2. The Morgan fingerprint density at radius 3 is 1.93 bits per heavy atom. The molecule has 0 aliphatic carbocycles. The Morgan fingerprint density at radius 1 is 0.833 bits per heavy atom. The van der Waals surface area contributed by atoms with Gasteiger partial charge in [-0.3, -0.25) is 9.59 Å². The molecule has 0 aliphatic heterocycles. The van der Waals surface area contributed by atoms with Gasteiger partial charge in [-0.25, -0.2) is 0 Å². The fraction of sp³-hybridized carbons (Fsp3) is 0.154. The smallest absolute Gasteiger partial charge is 0.247 e. The molecule has 3 aromatic carbocycles. The van der Waals surface area contributed by atoms with Crippen molar-refractivity contribution >= 4 is 11.8 Å². The van der Waals surface area contributed by atoms with Gasteiger partial charge in [-0.1, -0.05) is 97.1 Å².